The molecular weight excluding hydrogens is 316 g/mol. The highest BCUT2D eigenvalue weighted by Gasteiger charge is 2.23. The largest absolute Gasteiger partial charge is 0.396 e. The van der Waals surface area contributed by atoms with Crippen LogP contribution < -0.4 is 0 Å². The maximum Gasteiger partial charge on any atom is 0.253 e. The fraction of sp³-hybridized carbons (Fsp3) is 0.650. The molecule has 0 aromatic heterocycles. The maximum atomic E-state index is 12.9. The summed E-state index contributed by atoms with van der Waals surface area (Å²) < 4.78 is 5.49. The topological polar surface area (TPSA) is 53.0 Å². The average Bonchev–Trinajstić information content (AvgIpc) is 3.04. The van der Waals surface area contributed by atoms with E-state index in [1.807, 2.05) is 23.1 Å². The van der Waals surface area contributed by atoms with Gasteiger partial charge in [-0.1, -0.05) is 25.0 Å². The smallest absolute Gasteiger partial charge is 0.253 e. The Balaban J connectivity index is 1.66. The SMILES string of the molecule is O=C(c1cccc(CN2CCCCCC2)c1)N1CCOC[C@H](CO)C1. The number of aliphatic hydroxyl groups is 1. The molecule has 0 bridgehead atoms. The van der Waals surface area contributed by atoms with Crippen LogP contribution in [0.3, 0.4) is 0 Å². The fourth-order valence-electron chi connectivity index (χ4n) is 3.71. The Labute approximate surface area is 150 Å². The summed E-state index contributed by atoms with van der Waals surface area (Å²) in [6, 6.07) is 8.03. The predicted molar refractivity (Wildman–Crippen MR) is 97.5 cm³/mol. The van der Waals surface area contributed by atoms with Crippen LogP contribution in [-0.2, 0) is 11.3 Å². The highest BCUT2D eigenvalue weighted by Crippen LogP contribution is 2.16. The van der Waals surface area contributed by atoms with Crippen LogP contribution in [0.4, 0.5) is 0 Å². The van der Waals surface area contributed by atoms with Gasteiger partial charge in [-0.15, -0.1) is 0 Å². The zero-order valence-corrected chi connectivity index (χ0v) is 15.0. The molecule has 0 saturated carbocycles. The number of ether oxygens (including phenoxy) is 1. The zero-order valence-electron chi connectivity index (χ0n) is 15.0. The Bertz CT molecular complexity index is 556. The van der Waals surface area contributed by atoms with E-state index in [0.29, 0.717) is 26.3 Å². The van der Waals surface area contributed by atoms with Crippen molar-refractivity contribution >= 4 is 5.91 Å². The van der Waals surface area contributed by atoms with E-state index in [-0.39, 0.29) is 18.4 Å². The summed E-state index contributed by atoms with van der Waals surface area (Å²) in [5, 5.41) is 9.41. The molecule has 1 N–H and O–H groups in total. The second-order valence-electron chi connectivity index (χ2n) is 7.27. The van der Waals surface area contributed by atoms with Gasteiger partial charge in [-0.2, -0.15) is 0 Å². The number of rotatable bonds is 4. The molecule has 138 valence electrons. The third kappa shape index (κ3) is 5.27. The second kappa shape index (κ2) is 9.32. The van der Waals surface area contributed by atoms with Gasteiger partial charge < -0.3 is 14.7 Å². The summed E-state index contributed by atoms with van der Waals surface area (Å²) in [7, 11) is 0. The lowest BCUT2D eigenvalue weighted by Crippen LogP contribution is -2.36. The van der Waals surface area contributed by atoms with Crippen molar-refractivity contribution < 1.29 is 14.6 Å². The molecule has 2 fully saturated rings. The number of hydrogen-bond donors (Lipinski definition) is 1. The minimum atomic E-state index is 0.00623. The van der Waals surface area contributed by atoms with Gasteiger partial charge in [-0.25, -0.2) is 0 Å². The van der Waals surface area contributed by atoms with Gasteiger partial charge in [0.05, 0.1) is 13.2 Å². The van der Waals surface area contributed by atoms with E-state index >= 15 is 0 Å². The van der Waals surface area contributed by atoms with Crippen molar-refractivity contribution in [2.75, 3.05) is 46.0 Å². The molecule has 0 spiro atoms. The number of hydrogen-bond acceptors (Lipinski definition) is 4. The van der Waals surface area contributed by atoms with Crippen LogP contribution in [0.2, 0.25) is 0 Å². The lowest BCUT2D eigenvalue weighted by Gasteiger charge is -2.23. The number of likely N-dealkylation sites (tertiary alicyclic amines) is 1. The van der Waals surface area contributed by atoms with Crippen molar-refractivity contribution in [2.45, 2.75) is 32.2 Å². The van der Waals surface area contributed by atoms with Crippen molar-refractivity contribution in [1.82, 2.24) is 9.80 Å². The summed E-state index contributed by atoms with van der Waals surface area (Å²) in [5.41, 5.74) is 1.95. The molecule has 2 heterocycles. The highest BCUT2D eigenvalue weighted by molar-refractivity contribution is 5.94. The van der Waals surface area contributed by atoms with Crippen molar-refractivity contribution in [3.63, 3.8) is 0 Å². The molecule has 2 aliphatic rings. The predicted octanol–water partition coefficient (Wildman–Crippen LogP) is 2.14. The van der Waals surface area contributed by atoms with E-state index in [4.69, 9.17) is 4.74 Å². The average molecular weight is 346 g/mol. The molecule has 1 amide bonds. The molecule has 0 unspecified atom stereocenters. The molecule has 3 rings (SSSR count). The van der Waals surface area contributed by atoms with E-state index in [1.54, 1.807) is 0 Å². The van der Waals surface area contributed by atoms with Crippen LogP contribution in [-0.4, -0.2) is 66.8 Å². The minimum absolute atomic E-state index is 0.00623. The number of carbonyl (C=O) groups is 1. The highest BCUT2D eigenvalue weighted by atomic mass is 16.5. The van der Waals surface area contributed by atoms with E-state index in [2.05, 4.69) is 11.0 Å². The minimum Gasteiger partial charge on any atom is -0.396 e. The van der Waals surface area contributed by atoms with Gasteiger partial charge in [0.25, 0.3) is 5.91 Å². The summed E-state index contributed by atoms with van der Waals surface area (Å²) in [5.74, 6) is 0.0494. The molecule has 0 aliphatic carbocycles. The van der Waals surface area contributed by atoms with Gasteiger partial charge in [0.2, 0.25) is 0 Å². The van der Waals surface area contributed by atoms with Gasteiger partial charge in [0.1, 0.15) is 0 Å². The monoisotopic (exact) mass is 346 g/mol. The number of amides is 1. The molecule has 0 radical (unpaired) electrons. The van der Waals surface area contributed by atoms with Gasteiger partial charge in [0, 0.05) is 37.7 Å². The second-order valence-corrected chi connectivity index (χ2v) is 7.27. The van der Waals surface area contributed by atoms with Gasteiger partial charge in [-0.3, -0.25) is 9.69 Å². The van der Waals surface area contributed by atoms with E-state index in [0.717, 1.165) is 25.2 Å². The van der Waals surface area contributed by atoms with E-state index in [9.17, 15) is 9.90 Å². The Kier molecular flexibility index (Phi) is 6.84. The molecule has 1 aromatic rings. The summed E-state index contributed by atoms with van der Waals surface area (Å²) in [4.78, 5) is 17.2. The van der Waals surface area contributed by atoms with E-state index < -0.39 is 0 Å². The molecule has 25 heavy (non-hydrogen) atoms. The first-order valence-electron chi connectivity index (χ1n) is 9.55. The van der Waals surface area contributed by atoms with Gasteiger partial charge in [0.15, 0.2) is 0 Å². The Morgan fingerprint density at radius 1 is 1.16 bits per heavy atom. The summed E-state index contributed by atoms with van der Waals surface area (Å²) >= 11 is 0. The van der Waals surface area contributed by atoms with Crippen LogP contribution in [0.1, 0.15) is 41.6 Å². The molecule has 2 aliphatic heterocycles. The Hall–Kier alpha value is -1.43. The molecule has 5 nitrogen and oxygen atoms in total. The lowest BCUT2D eigenvalue weighted by atomic mass is 10.1. The number of benzene rings is 1. The normalized spacial score (nSPS) is 23.1. The third-order valence-electron chi connectivity index (χ3n) is 5.16. The van der Waals surface area contributed by atoms with Crippen LogP contribution in [0.5, 0.6) is 0 Å². The first kappa shape index (κ1) is 18.4. The lowest BCUT2D eigenvalue weighted by molar-refractivity contribution is 0.0728. The molecule has 1 atom stereocenters. The number of nitrogens with zero attached hydrogens (tertiary/aromatic N) is 2. The van der Waals surface area contributed by atoms with Crippen LogP contribution in [0.25, 0.3) is 0 Å². The summed E-state index contributed by atoms with van der Waals surface area (Å²) in [6.07, 6.45) is 5.21. The van der Waals surface area contributed by atoms with Crippen molar-refractivity contribution in [3.8, 4) is 0 Å². The standard InChI is InChI=1S/C20H30N2O3/c23-15-18-14-22(10-11-25-16-18)20(24)19-7-5-6-17(12-19)13-21-8-3-1-2-4-9-21/h5-7,12,18,23H,1-4,8-11,13-16H2/t18-/m0/s1. The third-order valence-corrected chi connectivity index (χ3v) is 5.16. The maximum absolute atomic E-state index is 12.9. The van der Waals surface area contributed by atoms with Crippen molar-refractivity contribution in [1.29, 1.82) is 0 Å². The molecule has 1 aromatic carbocycles. The summed E-state index contributed by atoms with van der Waals surface area (Å²) in [6.45, 7) is 5.49. The van der Waals surface area contributed by atoms with E-state index in [1.165, 1.54) is 31.2 Å². The molecule has 2 saturated heterocycles. The zero-order chi connectivity index (χ0) is 17.5. The quantitative estimate of drug-likeness (QED) is 0.908. The van der Waals surface area contributed by atoms with Crippen molar-refractivity contribution in [3.05, 3.63) is 35.4 Å². The fourth-order valence-corrected chi connectivity index (χ4v) is 3.71. The number of carbonyl (C=O) groups excluding carboxylic acids is 1. The number of aliphatic hydroxyl groups excluding tert-OH is 1. The van der Waals surface area contributed by atoms with Gasteiger partial charge >= 0.3 is 0 Å². The molecule has 5 heteroatoms. The van der Waals surface area contributed by atoms with Crippen molar-refractivity contribution in [2.24, 2.45) is 5.92 Å². The van der Waals surface area contributed by atoms with Gasteiger partial charge in [-0.05, 0) is 43.6 Å². The molecular formula is C20H30N2O3. The van der Waals surface area contributed by atoms with Crippen LogP contribution in [0, 0.1) is 5.92 Å². The first-order chi connectivity index (χ1) is 12.3. The first-order valence-corrected chi connectivity index (χ1v) is 9.55. The van der Waals surface area contributed by atoms with Crippen LogP contribution in [0.15, 0.2) is 24.3 Å². The van der Waals surface area contributed by atoms with Crippen LogP contribution >= 0.6 is 0 Å². The Morgan fingerprint density at radius 3 is 2.72 bits per heavy atom. The Morgan fingerprint density at radius 2 is 1.96 bits per heavy atom.